The molecule has 2 aliphatic heterocycles. The highest BCUT2D eigenvalue weighted by molar-refractivity contribution is 7.99. The van der Waals surface area contributed by atoms with E-state index in [1.165, 1.54) is 16.0 Å². The standard InChI is InChI=1S/C22H17NO2S/c1-2-6-15(7-3-1)18-13-22(26-21-9-5-4-8-17(21)23-18)16-10-11-19-20(12-16)25-14-24-19/h1-12,22H,13-14H2. The van der Waals surface area contributed by atoms with E-state index in [1.54, 1.807) is 0 Å². The Labute approximate surface area is 156 Å². The van der Waals surface area contributed by atoms with E-state index in [4.69, 9.17) is 14.5 Å². The number of benzene rings is 3. The van der Waals surface area contributed by atoms with Crippen molar-refractivity contribution in [3.8, 4) is 11.5 Å². The molecule has 1 atom stereocenters. The van der Waals surface area contributed by atoms with E-state index in [9.17, 15) is 0 Å². The summed E-state index contributed by atoms with van der Waals surface area (Å²) in [6.45, 7) is 0.302. The van der Waals surface area contributed by atoms with E-state index in [-0.39, 0.29) is 5.25 Å². The van der Waals surface area contributed by atoms with Gasteiger partial charge in [-0.3, -0.25) is 4.99 Å². The fraction of sp³-hybridized carbons (Fsp3) is 0.136. The van der Waals surface area contributed by atoms with Gasteiger partial charge in [-0.15, -0.1) is 11.8 Å². The van der Waals surface area contributed by atoms with Crippen LogP contribution < -0.4 is 9.47 Å². The maximum atomic E-state index is 5.58. The molecule has 128 valence electrons. The summed E-state index contributed by atoms with van der Waals surface area (Å²) in [6, 6.07) is 25.1. The highest BCUT2D eigenvalue weighted by atomic mass is 32.2. The van der Waals surface area contributed by atoms with Gasteiger partial charge in [-0.1, -0.05) is 48.5 Å². The molecule has 0 radical (unpaired) electrons. The lowest BCUT2D eigenvalue weighted by molar-refractivity contribution is 0.174. The summed E-state index contributed by atoms with van der Waals surface area (Å²) < 4.78 is 11.0. The van der Waals surface area contributed by atoms with Crippen molar-refractivity contribution in [1.29, 1.82) is 0 Å². The molecule has 0 bridgehead atoms. The molecular weight excluding hydrogens is 342 g/mol. The van der Waals surface area contributed by atoms with Crippen LogP contribution in [0.3, 0.4) is 0 Å². The summed E-state index contributed by atoms with van der Waals surface area (Å²) in [6.07, 6.45) is 0.864. The maximum Gasteiger partial charge on any atom is 0.231 e. The second-order valence-corrected chi connectivity index (χ2v) is 7.56. The smallest absolute Gasteiger partial charge is 0.231 e. The van der Waals surface area contributed by atoms with Crippen molar-refractivity contribution in [2.75, 3.05) is 6.79 Å². The number of para-hydroxylation sites is 1. The molecule has 0 spiro atoms. The molecule has 0 saturated carbocycles. The van der Waals surface area contributed by atoms with Crippen molar-refractivity contribution in [3.63, 3.8) is 0 Å². The Morgan fingerprint density at radius 2 is 1.65 bits per heavy atom. The van der Waals surface area contributed by atoms with E-state index in [0.29, 0.717) is 6.79 Å². The van der Waals surface area contributed by atoms with Gasteiger partial charge in [0.25, 0.3) is 0 Å². The van der Waals surface area contributed by atoms with Crippen molar-refractivity contribution >= 4 is 23.2 Å². The highest BCUT2D eigenvalue weighted by Crippen LogP contribution is 2.47. The SMILES string of the molecule is c1ccc(C2=Nc3ccccc3SC(c3ccc4c(c3)OCO4)C2)cc1. The monoisotopic (exact) mass is 359 g/mol. The number of thioether (sulfide) groups is 1. The van der Waals surface area contributed by atoms with Gasteiger partial charge in [0.05, 0.1) is 5.69 Å². The summed E-state index contributed by atoms with van der Waals surface area (Å²) in [7, 11) is 0. The van der Waals surface area contributed by atoms with Gasteiger partial charge in [0, 0.05) is 22.3 Å². The minimum Gasteiger partial charge on any atom is -0.454 e. The fourth-order valence-corrected chi connectivity index (χ4v) is 4.54. The first-order chi connectivity index (χ1) is 12.9. The lowest BCUT2D eigenvalue weighted by Gasteiger charge is -2.16. The Bertz CT molecular complexity index is 984. The topological polar surface area (TPSA) is 30.8 Å². The molecule has 0 aromatic heterocycles. The minimum atomic E-state index is 0.270. The normalized spacial score (nSPS) is 18.0. The molecule has 2 aliphatic rings. The largest absolute Gasteiger partial charge is 0.454 e. The molecular formula is C22H17NO2S. The second-order valence-electron chi connectivity index (χ2n) is 6.32. The predicted molar refractivity (Wildman–Crippen MR) is 105 cm³/mol. The maximum absolute atomic E-state index is 5.58. The van der Waals surface area contributed by atoms with E-state index in [0.717, 1.165) is 29.3 Å². The van der Waals surface area contributed by atoms with Gasteiger partial charge < -0.3 is 9.47 Å². The van der Waals surface area contributed by atoms with E-state index < -0.39 is 0 Å². The number of hydrogen-bond acceptors (Lipinski definition) is 4. The Morgan fingerprint density at radius 1 is 0.846 bits per heavy atom. The molecule has 0 N–H and O–H groups in total. The van der Waals surface area contributed by atoms with Crippen LogP contribution in [-0.4, -0.2) is 12.5 Å². The molecule has 0 amide bonds. The first-order valence-electron chi connectivity index (χ1n) is 8.65. The van der Waals surface area contributed by atoms with Crippen molar-refractivity contribution in [1.82, 2.24) is 0 Å². The average Bonchev–Trinajstić information content (AvgIpc) is 3.07. The third kappa shape index (κ3) is 2.86. The third-order valence-corrected chi connectivity index (χ3v) is 5.97. The van der Waals surface area contributed by atoms with Gasteiger partial charge >= 0.3 is 0 Å². The number of ether oxygens (including phenoxy) is 2. The van der Waals surface area contributed by atoms with Crippen molar-refractivity contribution in [2.45, 2.75) is 16.6 Å². The van der Waals surface area contributed by atoms with Crippen molar-refractivity contribution in [2.24, 2.45) is 4.99 Å². The molecule has 4 heteroatoms. The first kappa shape index (κ1) is 15.5. The minimum absolute atomic E-state index is 0.270. The Hall–Kier alpha value is -2.72. The highest BCUT2D eigenvalue weighted by Gasteiger charge is 2.24. The van der Waals surface area contributed by atoms with Crippen LogP contribution in [-0.2, 0) is 0 Å². The van der Waals surface area contributed by atoms with Crippen molar-refractivity contribution in [3.05, 3.63) is 83.9 Å². The predicted octanol–water partition coefficient (Wildman–Crippen LogP) is 5.77. The zero-order valence-corrected chi connectivity index (χ0v) is 14.9. The fourth-order valence-electron chi connectivity index (χ4n) is 3.32. The van der Waals surface area contributed by atoms with E-state index in [1.807, 2.05) is 30.0 Å². The first-order valence-corrected chi connectivity index (χ1v) is 9.53. The Morgan fingerprint density at radius 3 is 2.58 bits per heavy atom. The number of hydrogen-bond donors (Lipinski definition) is 0. The molecule has 5 rings (SSSR count). The van der Waals surface area contributed by atoms with Gasteiger partial charge in [0.15, 0.2) is 11.5 Å². The van der Waals surface area contributed by atoms with Gasteiger partial charge in [0.1, 0.15) is 0 Å². The second kappa shape index (κ2) is 6.54. The molecule has 26 heavy (non-hydrogen) atoms. The van der Waals surface area contributed by atoms with Crippen LogP contribution in [0.4, 0.5) is 5.69 Å². The zero-order chi connectivity index (χ0) is 17.3. The Balaban J connectivity index is 1.58. The van der Waals surface area contributed by atoms with Crippen LogP contribution in [0.25, 0.3) is 0 Å². The molecule has 0 saturated heterocycles. The van der Waals surface area contributed by atoms with Gasteiger partial charge in [0.2, 0.25) is 6.79 Å². The summed E-state index contributed by atoms with van der Waals surface area (Å²) in [5.74, 6) is 1.66. The quantitative estimate of drug-likeness (QED) is 0.582. The summed E-state index contributed by atoms with van der Waals surface area (Å²) in [4.78, 5) is 6.21. The number of aliphatic imine (C=N–C) groups is 1. The summed E-state index contributed by atoms with van der Waals surface area (Å²) >= 11 is 1.86. The van der Waals surface area contributed by atoms with Gasteiger partial charge in [-0.25, -0.2) is 0 Å². The third-order valence-electron chi connectivity index (χ3n) is 4.64. The number of nitrogens with zero attached hydrogens (tertiary/aromatic N) is 1. The van der Waals surface area contributed by atoms with Crippen LogP contribution in [0.5, 0.6) is 11.5 Å². The van der Waals surface area contributed by atoms with Crippen LogP contribution in [0.2, 0.25) is 0 Å². The molecule has 3 aromatic carbocycles. The van der Waals surface area contributed by atoms with E-state index in [2.05, 4.69) is 54.6 Å². The average molecular weight is 359 g/mol. The van der Waals surface area contributed by atoms with E-state index >= 15 is 0 Å². The molecule has 0 fully saturated rings. The number of rotatable bonds is 2. The molecule has 2 heterocycles. The van der Waals surface area contributed by atoms with Crippen LogP contribution in [0, 0.1) is 0 Å². The molecule has 3 aromatic rings. The van der Waals surface area contributed by atoms with Crippen molar-refractivity contribution < 1.29 is 9.47 Å². The molecule has 1 unspecified atom stereocenters. The number of fused-ring (bicyclic) bond motifs is 2. The molecule has 3 nitrogen and oxygen atoms in total. The zero-order valence-electron chi connectivity index (χ0n) is 14.1. The summed E-state index contributed by atoms with van der Waals surface area (Å²) in [5, 5.41) is 0.270. The Kier molecular flexibility index (Phi) is 3.91. The molecule has 0 aliphatic carbocycles. The van der Waals surface area contributed by atoms with Crippen LogP contribution >= 0.6 is 11.8 Å². The van der Waals surface area contributed by atoms with Crippen LogP contribution in [0.15, 0.2) is 82.7 Å². The summed E-state index contributed by atoms with van der Waals surface area (Å²) in [5.41, 5.74) is 4.57. The van der Waals surface area contributed by atoms with Gasteiger partial charge in [-0.05, 0) is 35.4 Å². The van der Waals surface area contributed by atoms with Crippen LogP contribution in [0.1, 0.15) is 22.8 Å². The van der Waals surface area contributed by atoms with Gasteiger partial charge in [-0.2, -0.15) is 0 Å². The lowest BCUT2D eigenvalue weighted by atomic mass is 10.0. The lowest BCUT2D eigenvalue weighted by Crippen LogP contribution is -2.05.